The van der Waals surface area contributed by atoms with Gasteiger partial charge in [0.2, 0.25) is 5.91 Å². The minimum absolute atomic E-state index is 0.244. The molecule has 14 heteroatoms. The van der Waals surface area contributed by atoms with Crippen LogP contribution < -0.4 is 5.32 Å². The fourth-order valence-electron chi connectivity index (χ4n) is 12.7. The SMILES string of the molecule is CCCCCCCCCC/C=C\CCCCCCCCCCCCCCCC(=O)NC(COC1OC(CO)C(OC2OC(CO)C(O)C(O)C2O)C(O)C1O)C(O)/C=C/CC/C=C/CCCCCCCCCCCCCCCCCCCCCCCCCCC. The second kappa shape index (κ2) is 60.8. The van der Waals surface area contributed by atoms with Crippen LogP contribution in [0, 0.1) is 0 Å². The number of hydrogen-bond donors (Lipinski definition) is 9. The monoisotopic (exact) mass is 1280 g/mol. The van der Waals surface area contributed by atoms with Crippen molar-refractivity contribution in [2.75, 3.05) is 19.8 Å². The molecular formula is C76H143NO13. The lowest BCUT2D eigenvalue weighted by Gasteiger charge is -2.46. The molecule has 2 rings (SSSR count). The molecule has 1 amide bonds. The Bertz CT molecular complexity index is 1650. The van der Waals surface area contributed by atoms with E-state index in [1.807, 2.05) is 6.08 Å². The third-order valence-electron chi connectivity index (χ3n) is 18.8. The molecule has 0 aliphatic carbocycles. The molecule has 12 unspecified atom stereocenters. The summed E-state index contributed by atoms with van der Waals surface area (Å²) >= 11 is 0. The predicted molar refractivity (Wildman–Crippen MR) is 369 cm³/mol. The third-order valence-corrected chi connectivity index (χ3v) is 18.8. The van der Waals surface area contributed by atoms with Gasteiger partial charge in [0, 0.05) is 6.42 Å². The van der Waals surface area contributed by atoms with Gasteiger partial charge in [-0.15, -0.1) is 0 Å². The summed E-state index contributed by atoms with van der Waals surface area (Å²) in [5.41, 5.74) is 0. The van der Waals surface area contributed by atoms with Crippen LogP contribution in [0.4, 0.5) is 0 Å². The Morgan fingerprint density at radius 1 is 0.389 bits per heavy atom. The van der Waals surface area contributed by atoms with Crippen LogP contribution in [0.1, 0.15) is 348 Å². The molecule has 14 nitrogen and oxygen atoms in total. The van der Waals surface area contributed by atoms with Crippen molar-refractivity contribution in [3.8, 4) is 0 Å². The van der Waals surface area contributed by atoms with Crippen molar-refractivity contribution in [3.05, 3.63) is 36.5 Å². The van der Waals surface area contributed by atoms with E-state index >= 15 is 0 Å². The van der Waals surface area contributed by atoms with E-state index in [0.29, 0.717) is 12.8 Å². The van der Waals surface area contributed by atoms with Crippen molar-refractivity contribution in [2.45, 2.75) is 421 Å². The smallest absolute Gasteiger partial charge is 0.220 e. The van der Waals surface area contributed by atoms with Crippen LogP contribution in [0.5, 0.6) is 0 Å². The number of unbranched alkanes of at least 4 members (excludes halogenated alkanes) is 47. The van der Waals surface area contributed by atoms with Gasteiger partial charge in [0.05, 0.1) is 32.0 Å². The van der Waals surface area contributed by atoms with Gasteiger partial charge in [-0.2, -0.15) is 0 Å². The quantitative estimate of drug-likeness (QED) is 0.0204. The number of hydrogen-bond acceptors (Lipinski definition) is 13. The highest BCUT2D eigenvalue weighted by molar-refractivity contribution is 5.76. The van der Waals surface area contributed by atoms with Gasteiger partial charge < -0.3 is 65.1 Å². The number of ether oxygens (including phenoxy) is 4. The molecule has 9 N–H and O–H groups in total. The Kier molecular flexibility index (Phi) is 57.0. The predicted octanol–water partition coefficient (Wildman–Crippen LogP) is 16.5. The first-order chi connectivity index (χ1) is 44.1. The number of rotatable bonds is 64. The van der Waals surface area contributed by atoms with Gasteiger partial charge in [-0.05, 0) is 57.8 Å². The van der Waals surface area contributed by atoms with E-state index in [1.165, 1.54) is 283 Å². The van der Waals surface area contributed by atoms with Crippen LogP contribution in [-0.4, -0.2) is 140 Å². The molecule has 0 aromatic carbocycles. The number of carbonyl (C=O) groups excluding carboxylic acids is 1. The Morgan fingerprint density at radius 3 is 1.09 bits per heavy atom. The van der Waals surface area contributed by atoms with Crippen molar-refractivity contribution in [3.63, 3.8) is 0 Å². The minimum atomic E-state index is -1.79. The van der Waals surface area contributed by atoms with Crippen LogP contribution in [-0.2, 0) is 23.7 Å². The zero-order valence-electron chi connectivity index (χ0n) is 57.9. The number of aliphatic hydroxyl groups is 8. The van der Waals surface area contributed by atoms with E-state index in [-0.39, 0.29) is 18.9 Å². The lowest BCUT2D eigenvalue weighted by molar-refractivity contribution is -0.359. The number of nitrogens with one attached hydrogen (secondary N) is 1. The molecule has 2 aliphatic heterocycles. The number of aliphatic hydroxyl groups excluding tert-OH is 8. The molecule has 2 saturated heterocycles. The Labute approximate surface area is 551 Å². The topological polar surface area (TPSA) is 228 Å². The Hall–Kier alpha value is -1.79. The van der Waals surface area contributed by atoms with Gasteiger partial charge in [-0.25, -0.2) is 0 Å². The van der Waals surface area contributed by atoms with E-state index in [0.717, 1.165) is 32.1 Å². The highest BCUT2D eigenvalue weighted by Crippen LogP contribution is 2.30. The Balaban J connectivity index is 1.66. The van der Waals surface area contributed by atoms with E-state index in [2.05, 4.69) is 43.5 Å². The highest BCUT2D eigenvalue weighted by atomic mass is 16.7. The van der Waals surface area contributed by atoms with Gasteiger partial charge in [-0.3, -0.25) is 4.79 Å². The Morgan fingerprint density at radius 2 is 0.711 bits per heavy atom. The molecule has 2 heterocycles. The summed E-state index contributed by atoms with van der Waals surface area (Å²) < 4.78 is 22.9. The van der Waals surface area contributed by atoms with Gasteiger partial charge in [0.25, 0.3) is 0 Å². The van der Waals surface area contributed by atoms with Gasteiger partial charge in [-0.1, -0.05) is 320 Å². The molecular weight excluding hydrogens is 1130 g/mol. The maximum Gasteiger partial charge on any atom is 0.220 e. The van der Waals surface area contributed by atoms with Crippen molar-refractivity contribution < 1.29 is 64.6 Å². The molecule has 0 spiro atoms. The maximum absolute atomic E-state index is 13.4. The van der Waals surface area contributed by atoms with Crippen molar-refractivity contribution in [2.24, 2.45) is 0 Å². The van der Waals surface area contributed by atoms with E-state index in [9.17, 15) is 45.6 Å². The lowest BCUT2D eigenvalue weighted by atomic mass is 9.97. The molecule has 0 aromatic heterocycles. The zero-order valence-corrected chi connectivity index (χ0v) is 57.9. The van der Waals surface area contributed by atoms with E-state index in [1.54, 1.807) is 6.08 Å². The largest absolute Gasteiger partial charge is 0.394 e. The third kappa shape index (κ3) is 44.0. The summed E-state index contributed by atoms with van der Waals surface area (Å²) in [7, 11) is 0. The maximum atomic E-state index is 13.4. The minimum Gasteiger partial charge on any atom is -0.394 e. The number of amides is 1. The summed E-state index contributed by atoms with van der Waals surface area (Å²) in [6, 6.07) is -0.933. The average molecular weight is 1280 g/mol. The molecule has 2 aliphatic rings. The molecule has 0 radical (unpaired) electrons. The fourth-order valence-corrected chi connectivity index (χ4v) is 12.7. The summed E-state index contributed by atoms with van der Waals surface area (Å²) in [4.78, 5) is 13.4. The zero-order chi connectivity index (χ0) is 65.2. The molecule has 530 valence electrons. The van der Waals surface area contributed by atoms with E-state index in [4.69, 9.17) is 18.9 Å². The lowest BCUT2D eigenvalue weighted by Crippen LogP contribution is -2.65. The van der Waals surface area contributed by atoms with Crippen LogP contribution in [0.15, 0.2) is 36.5 Å². The first kappa shape index (κ1) is 84.3. The van der Waals surface area contributed by atoms with Crippen molar-refractivity contribution in [1.29, 1.82) is 0 Å². The standard InChI is InChI=1S/C76H143NO13/c1-3-5-7-9-11-13-15-17-19-21-23-25-27-29-30-31-32-33-34-36-37-39-41-43-45-47-49-51-53-55-57-59-65(80)64(63-87-75-73(86)71(84)74(67(62-79)89-75)90-76-72(85)70(83)69(82)66(61-78)88-76)77-68(81)60-58-56-54-52-50-48-46-44-42-40-38-35-28-26-24-22-20-18-16-14-12-10-8-6-4-2/h22,24,49,51,57,59,64-67,69-76,78-80,82-86H,3-21,23,25-48,50,52-56,58,60-63H2,1-2H3,(H,77,81)/b24-22-,51-49+,59-57+. The molecule has 0 bridgehead atoms. The normalized spacial score (nSPS) is 23.0. The first-order valence-corrected chi connectivity index (χ1v) is 38.2. The average Bonchev–Trinajstić information content (AvgIpc) is 1.41. The van der Waals surface area contributed by atoms with Gasteiger partial charge >= 0.3 is 0 Å². The summed E-state index contributed by atoms with van der Waals surface area (Å²) in [5, 5.41) is 87.5. The second-order valence-electron chi connectivity index (χ2n) is 27.1. The molecule has 12 atom stereocenters. The summed E-state index contributed by atoms with van der Waals surface area (Å²) in [5.74, 6) is -0.244. The number of allylic oxidation sites excluding steroid dienone is 5. The second-order valence-corrected chi connectivity index (χ2v) is 27.1. The molecule has 0 aromatic rings. The summed E-state index contributed by atoms with van der Waals surface area (Å²) in [6.45, 7) is 2.84. The van der Waals surface area contributed by atoms with Gasteiger partial charge in [0.1, 0.15) is 48.8 Å². The van der Waals surface area contributed by atoms with Crippen LogP contribution in [0.3, 0.4) is 0 Å². The van der Waals surface area contributed by atoms with Crippen LogP contribution in [0.25, 0.3) is 0 Å². The number of carbonyl (C=O) groups is 1. The first-order valence-electron chi connectivity index (χ1n) is 38.2. The molecule has 90 heavy (non-hydrogen) atoms. The fraction of sp³-hybridized carbons (Fsp3) is 0.908. The molecule has 0 saturated carbocycles. The molecule has 2 fully saturated rings. The van der Waals surface area contributed by atoms with Crippen LogP contribution >= 0.6 is 0 Å². The van der Waals surface area contributed by atoms with Crippen LogP contribution in [0.2, 0.25) is 0 Å². The van der Waals surface area contributed by atoms with E-state index < -0.39 is 86.8 Å². The van der Waals surface area contributed by atoms with Crippen molar-refractivity contribution in [1.82, 2.24) is 5.32 Å². The highest BCUT2D eigenvalue weighted by Gasteiger charge is 2.51. The summed E-state index contributed by atoms with van der Waals surface area (Å²) in [6.07, 6.45) is 62.2. The van der Waals surface area contributed by atoms with Gasteiger partial charge in [0.15, 0.2) is 12.6 Å². The van der Waals surface area contributed by atoms with Crippen molar-refractivity contribution >= 4 is 5.91 Å².